The molecule has 17 aromatic rings. The molecule has 4 aliphatic rings. The first-order valence-electron chi connectivity index (χ1n) is 46.8. The monoisotopic (exact) mass is 1790 g/mol. The lowest BCUT2D eigenvalue weighted by Crippen LogP contribution is -2.20. The highest BCUT2D eigenvalue weighted by Crippen LogP contribution is 2.31. The number of hydrogen-bond acceptors (Lipinski definition) is 14. The van der Waals surface area contributed by atoms with E-state index < -0.39 is 15.7 Å². The van der Waals surface area contributed by atoms with Crippen LogP contribution in [-0.4, -0.2) is 176 Å². The highest BCUT2D eigenvalue weighted by molar-refractivity contribution is 7.90. The van der Waals surface area contributed by atoms with Crippen molar-refractivity contribution in [2.24, 2.45) is 0 Å². The van der Waals surface area contributed by atoms with E-state index in [1.807, 2.05) is 88.0 Å². The molecule has 13 heterocycles. The number of pyridine rings is 4. The van der Waals surface area contributed by atoms with Gasteiger partial charge in [-0.25, -0.2) is 55.2 Å². The van der Waals surface area contributed by atoms with Gasteiger partial charge < -0.3 is 24.6 Å². The van der Waals surface area contributed by atoms with Crippen molar-refractivity contribution >= 4 is 54.9 Å². The van der Waals surface area contributed by atoms with Crippen molar-refractivity contribution in [2.75, 3.05) is 84.8 Å². The molecular formula is C108H114ClF2N17O2S. The Kier molecular flexibility index (Phi) is 28.8. The number of aromatic nitrogens is 13. The number of rotatable bonds is 29. The molecule has 19 nitrogen and oxygen atoms in total. The highest BCUT2D eigenvalue weighted by atomic mass is 35.5. The lowest BCUT2D eigenvalue weighted by atomic mass is 10.1. The molecule has 0 radical (unpaired) electrons. The first kappa shape index (κ1) is 89.3. The Morgan fingerprint density at radius 1 is 0.336 bits per heavy atom. The maximum absolute atomic E-state index is 14.1. The molecule has 0 unspecified atom stereocenters. The lowest BCUT2D eigenvalue weighted by Gasteiger charge is -2.13. The van der Waals surface area contributed by atoms with Crippen LogP contribution < -0.4 is 0 Å². The van der Waals surface area contributed by atoms with Crippen LogP contribution in [-0.2, 0) is 61.2 Å². The third-order valence-electron chi connectivity index (χ3n) is 25.8. The van der Waals surface area contributed by atoms with Gasteiger partial charge in [-0.2, -0.15) is 20.4 Å². The standard InChI is InChI=1S/C28H29N5.C27H29FN4.C27H30N4O2S.C26H26ClFN4/c1-2-17-32(16-1)18-4-5-21-8-10-22(11-9-21)19-27-30-28-7-3-6-26(33(28)31-27)24-12-13-25-23(20-24)14-15-29-25;1-20-9-14-23(19-24(20)28)25-7-4-8-27-29-26(30-32(25)27)18-22-12-10-21(11-13-22)6-5-17-31-15-2-3-16-31;1-34(32,33)24-9-4-8-23(20-24)25-10-5-11-27-28-26(29-31(25)27)19-22-14-12-21(13-15-22)7-6-18-30-16-2-3-17-30;27-22-18-21(12-13-23(22)28)24-6-3-7-26-29-25(30-32(24)26)17-20-10-8-19(9-11-20)5-4-16-31-14-1-2-15-31/h3,6-15,20,29H,1-2,4-5,16-19H2;4,7-14,19H,2-3,5-6,15-18H2,1H3;4-5,8-15,20H,2-3,6-7,16-19H2,1H3;3,6-13,18H,1-2,4-5,14-17H2. The number of fused-ring (bicyclic) bond motifs is 5. The Morgan fingerprint density at radius 3 is 0.992 bits per heavy atom. The van der Waals surface area contributed by atoms with Crippen LogP contribution in [0.4, 0.5) is 8.78 Å². The third kappa shape index (κ3) is 23.2. The molecule has 0 amide bonds. The summed E-state index contributed by atoms with van der Waals surface area (Å²) in [5, 5.41) is 20.3. The van der Waals surface area contributed by atoms with Crippen LogP contribution in [0.2, 0.25) is 5.02 Å². The topological polar surface area (TPSA) is 184 Å². The quantitative estimate of drug-likeness (QED) is 0.0467. The van der Waals surface area contributed by atoms with Crippen molar-refractivity contribution in [3.05, 3.63) is 351 Å². The van der Waals surface area contributed by atoms with Gasteiger partial charge in [-0.3, -0.25) is 0 Å². The molecule has 4 fully saturated rings. The number of nitrogens with one attached hydrogen (secondary N) is 1. The van der Waals surface area contributed by atoms with E-state index in [4.69, 9.17) is 46.9 Å². The number of halogens is 3. The van der Waals surface area contributed by atoms with Crippen molar-refractivity contribution in [1.82, 2.24) is 83.0 Å². The molecule has 4 saturated heterocycles. The minimum absolute atomic E-state index is 0.0976. The van der Waals surface area contributed by atoms with Crippen molar-refractivity contribution in [1.29, 1.82) is 0 Å². The van der Waals surface area contributed by atoms with Gasteiger partial charge in [0.25, 0.3) is 0 Å². The molecule has 0 aliphatic carbocycles. The van der Waals surface area contributed by atoms with E-state index >= 15 is 0 Å². The number of sulfone groups is 1. The second kappa shape index (κ2) is 42.3. The minimum Gasteiger partial charge on any atom is -0.361 e. The smallest absolute Gasteiger partial charge is 0.175 e. The van der Waals surface area contributed by atoms with Crippen LogP contribution in [0.3, 0.4) is 0 Å². The Balaban J connectivity index is 0.000000117. The van der Waals surface area contributed by atoms with E-state index in [9.17, 15) is 17.2 Å². The summed E-state index contributed by atoms with van der Waals surface area (Å²) in [6, 6.07) is 84.5. The summed E-state index contributed by atoms with van der Waals surface area (Å²) in [6.07, 6.45) is 26.2. The second-order valence-electron chi connectivity index (χ2n) is 35.6. The molecule has 8 aromatic carbocycles. The van der Waals surface area contributed by atoms with Gasteiger partial charge in [0.1, 0.15) is 11.6 Å². The average molecular weight is 1790 g/mol. The van der Waals surface area contributed by atoms with Crippen LogP contribution in [0.25, 0.3) is 78.5 Å². The summed E-state index contributed by atoms with van der Waals surface area (Å²) in [4.78, 5) is 32.8. The molecule has 131 heavy (non-hydrogen) atoms. The molecule has 0 spiro atoms. The zero-order valence-electron chi connectivity index (χ0n) is 75.0. The fourth-order valence-corrected chi connectivity index (χ4v) is 19.4. The minimum atomic E-state index is -3.28. The molecule has 0 saturated carbocycles. The SMILES string of the molecule is CS(=O)(=O)c1cccc(-c2cccc3nc(Cc4ccc(CCCN5CCCC5)cc4)nn23)c1.Cc1ccc(-c2cccc3nc(Cc4ccc(CCCN5CCCC5)cc4)nn23)cc1F.Fc1ccc(-c2cccc3nc(Cc4ccc(CCCN5CCCC5)cc4)nn23)cc1Cl.c1cc(-c2ccc3[nH]ccc3c2)n2nc(Cc3ccc(CCCN4CCCC4)cc3)nc2c1. The van der Waals surface area contributed by atoms with E-state index in [2.05, 4.69) is 163 Å². The summed E-state index contributed by atoms with van der Waals surface area (Å²) < 4.78 is 59.0. The molecule has 4 aliphatic heterocycles. The fraction of sp³-hybridized carbons (Fsp3) is 0.315. The summed E-state index contributed by atoms with van der Waals surface area (Å²) in [7, 11) is -3.28. The maximum atomic E-state index is 14.1. The molecule has 0 bridgehead atoms. The highest BCUT2D eigenvalue weighted by Gasteiger charge is 2.21. The largest absolute Gasteiger partial charge is 0.361 e. The van der Waals surface area contributed by atoms with Crippen LogP contribution in [0, 0.1) is 18.6 Å². The van der Waals surface area contributed by atoms with Gasteiger partial charge in [-0.1, -0.05) is 163 Å². The summed E-state index contributed by atoms with van der Waals surface area (Å²) in [5.74, 6) is 2.49. The van der Waals surface area contributed by atoms with Gasteiger partial charge in [0.15, 0.2) is 55.7 Å². The predicted molar refractivity (Wildman–Crippen MR) is 521 cm³/mol. The Morgan fingerprint density at radius 2 is 0.649 bits per heavy atom. The number of H-pyrrole nitrogens is 1. The number of nitrogens with zero attached hydrogens (tertiary/aromatic N) is 16. The Bertz CT molecular complexity index is 6630. The molecule has 670 valence electrons. The van der Waals surface area contributed by atoms with Crippen molar-refractivity contribution < 1.29 is 17.2 Å². The lowest BCUT2D eigenvalue weighted by molar-refractivity contribution is 0.334. The predicted octanol–water partition coefficient (Wildman–Crippen LogP) is 21.2. The number of aryl methyl sites for hydroxylation is 5. The summed E-state index contributed by atoms with van der Waals surface area (Å²) in [6.45, 7) is 16.8. The van der Waals surface area contributed by atoms with Gasteiger partial charge in [0.05, 0.1) is 32.7 Å². The van der Waals surface area contributed by atoms with E-state index in [1.165, 1.54) is 218 Å². The van der Waals surface area contributed by atoms with Gasteiger partial charge in [0.2, 0.25) is 0 Å². The van der Waals surface area contributed by atoms with Crippen LogP contribution >= 0.6 is 11.6 Å². The summed E-state index contributed by atoms with van der Waals surface area (Å²) in [5.41, 5.74) is 22.4. The van der Waals surface area contributed by atoms with Gasteiger partial charge >= 0.3 is 0 Å². The zero-order valence-corrected chi connectivity index (χ0v) is 76.5. The number of aromatic amines is 1. The summed E-state index contributed by atoms with van der Waals surface area (Å²) >= 11 is 5.98. The van der Waals surface area contributed by atoms with E-state index in [0.717, 1.165) is 129 Å². The van der Waals surface area contributed by atoms with Crippen molar-refractivity contribution in [3.63, 3.8) is 0 Å². The van der Waals surface area contributed by atoms with E-state index in [1.54, 1.807) is 58.4 Å². The van der Waals surface area contributed by atoms with Gasteiger partial charge in [0, 0.05) is 71.3 Å². The molecule has 21 rings (SSSR count). The molecule has 23 heteroatoms. The number of hydrogen-bond donors (Lipinski definition) is 1. The van der Waals surface area contributed by atoms with E-state index in [0.29, 0.717) is 29.7 Å². The molecule has 0 atom stereocenters. The van der Waals surface area contributed by atoms with Crippen molar-refractivity contribution in [3.8, 4) is 45.0 Å². The Hall–Kier alpha value is -12.3. The Labute approximate surface area is 771 Å². The second-order valence-corrected chi connectivity index (χ2v) is 38.0. The van der Waals surface area contributed by atoms with Crippen molar-refractivity contribution in [2.45, 2.75) is 140 Å². The van der Waals surface area contributed by atoms with E-state index in [-0.39, 0.29) is 10.8 Å². The zero-order chi connectivity index (χ0) is 89.4. The first-order chi connectivity index (χ1) is 64.1. The van der Waals surface area contributed by atoms with Crippen LogP contribution in [0.5, 0.6) is 0 Å². The van der Waals surface area contributed by atoms with Gasteiger partial charge in [-0.05, 0) is 341 Å². The van der Waals surface area contributed by atoms with Crippen LogP contribution in [0.15, 0.2) is 266 Å². The molecule has 1 N–H and O–H groups in total. The normalized spacial score (nSPS) is 14.5. The third-order valence-corrected chi connectivity index (χ3v) is 27.2. The van der Waals surface area contributed by atoms with Crippen LogP contribution in [0.1, 0.15) is 150 Å². The molecule has 9 aromatic heterocycles. The van der Waals surface area contributed by atoms with Gasteiger partial charge in [-0.15, -0.1) is 0 Å². The maximum Gasteiger partial charge on any atom is 0.175 e. The first-order valence-corrected chi connectivity index (χ1v) is 49.0. The number of benzene rings is 8. The number of likely N-dealkylation sites (tertiary alicyclic amines) is 4. The average Bonchev–Trinajstić information content (AvgIpc) is 1.60. The molecular weight excluding hydrogens is 1670 g/mol. The fourth-order valence-electron chi connectivity index (χ4n) is 18.6.